The van der Waals surface area contributed by atoms with Crippen LogP contribution in [0.2, 0.25) is 0 Å². The van der Waals surface area contributed by atoms with Gasteiger partial charge in [-0.3, -0.25) is 4.79 Å². The van der Waals surface area contributed by atoms with Gasteiger partial charge in [0.1, 0.15) is 12.5 Å². The van der Waals surface area contributed by atoms with Crippen molar-refractivity contribution in [2.75, 3.05) is 7.11 Å². The average molecular weight is 289 g/mol. The Hall–Kier alpha value is -2.30. The van der Waals surface area contributed by atoms with Gasteiger partial charge in [0.2, 0.25) is 0 Å². The third-order valence-electron chi connectivity index (χ3n) is 3.16. The fraction of sp³-hybridized carbons (Fsp3) is 0.375. The number of esters is 1. The molecule has 21 heavy (non-hydrogen) atoms. The molecule has 1 aromatic heterocycles. The quantitative estimate of drug-likeness (QED) is 0.764. The number of hydrogen-bond acceptors (Lipinski definition) is 5. The Kier molecular flexibility index (Phi) is 4.98. The Morgan fingerprint density at radius 2 is 2.00 bits per heavy atom. The Labute approximate surface area is 123 Å². The molecule has 5 heteroatoms. The van der Waals surface area contributed by atoms with Gasteiger partial charge in [-0.05, 0) is 16.6 Å². The molecule has 1 heterocycles. The molecule has 2 aromatic rings. The summed E-state index contributed by atoms with van der Waals surface area (Å²) in [6, 6.07) is 11.4. The highest BCUT2D eigenvalue weighted by molar-refractivity contribution is 5.77. The van der Waals surface area contributed by atoms with Gasteiger partial charge >= 0.3 is 5.97 Å². The predicted molar refractivity (Wildman–Crippen MR) is 76.9 cm³/mol. The van der Waals surface area contributed by atoms with Crippen molar-refractivity contribution in [3.05, 3.63) is 47.7 Å². The lowest BCUT2D eigenvalue weighted by Gasteiger charge is -2.14. The normalized spacial score (nSPS) is 12.2. The molecule has 0 aliphatic carbocycles. The van der Waals surface area contributed by atoms with E-state index >= 15 is 0 Å². The maximum Gasteiger partial charge on any atom is 0.316 e. The van der Waals surface area contributed by atoms with E-state index in [4.69, 9.17) is 14.0 Å². The van der Waals surface area contributed by atoms with Crippen molar-refractivity contribution in [2.45, 2.75) is 26.4 Å². The van der Waals surface area contributed by atoms with Crippen LogP contribution >= 0.6 is 0 Å². The van der Waals surface area contributed by atoms with Gasteiger partial charge in [0.25, 0.3) is 5.88 Å². The molecular formula is C16H19NO4. The molecule has 0 saturated heterocycles. The Morgan fingerprint density at radius 1 is 1.29 bits per heavy atom. The number of carbonyl (C=O) groups is 1. The first-order valence-corrected chi connectivity index (χ1v) is 6.83. The van der Waals surface area contributed by atoms with E-state index in [2.05, 4.69) is 5.16 Å². The van der Waals surface area contributed by atoms with Gasteiger partial charge in [-0.25, -0.2) is 0 Å². The third kappa shape index (κ3) is 3.84. The van der Waals surface area contributed by atoms with Crippen LogP contribution in [-0.4, -0.2) is 18.2 Å². The lowest BCUT2D eigenvalue weighted by Crippen LogP contribution is -2.19. The smallest absolute Gasteiger partial charge is 0.316 e. The molecule has 0 aliphatic rings. The fourth-order valence-corrected chi connectivity index (χ4v) is 2.06. The van der Waals surface area contributed by atoms with Crippen LogP contribution in [-0.2, 0) is 16.1 Å². The first-order valence-electron chi connectivity index (χ1n) is 6.83. The molecule has 0 radical (unpaired) electrons. The van der Waals surface area contributed by atoms with Crippen LogP contribution in [0.5, 0.6) is 5.88 Å². The second-order valence-electron chi connectivity index (χ2n) is 5.09. The number of nitrogens with zero attached hydrogens (tertiary/aromatic N) is 1. The van der Waals surface area contributed by atoms with Crippen LogP contribution in [0.15, 0.2) is 40.9 Å². The molecule has 1 unspecified atom stereocenters. The van der Waals surface area contributed by atoms with E-state index in [1.54, 1.807) is 6.07 Å². The highest BCUT2D eigenvalue weighted by Crippen LogP contribution is 2.28. The van der Waals surface area contributed by atoms with E-state index in [-0.39, 0.29) is 11.9 Å². The maximum absolute atomic E-state index is 11.8. The van der Waals surface area contributed by atoms with Gasteiger partial charge in [0.05, 0.1) is 7.11 Å². The summed E-state index contributed by atoms with van der Waals surface area (Å²) in [6.45, 7) is 4.25. The van der Waals surface area contributed by atoms with Crippen molar-refractivity contribution in [3.63, 3.8) is 0 Å². The molecule has 0 amide bonds. The minimum absolute atomic E-state index is 0.0485. The summed E-state index contributed by atoms with van der Waals surface area (Å²) < 4.78 is 15.6. The monoisotopic (exact) mass is 289 g/mol. The number of benzene rings is 1. The molecule has 0 N–H and O–H groups in total. The van der Waals surface area contributed by atoms with Crippen LogP contribution in [0, 0.1) is 5.92 Å². The van der Waals surface area contributed by atoms with Gasteiger partial charge < -0.3 is 14.0 Å². The zero-order valence-corrected chi connectivity index (χ0v) is 12.4. The molecule has 112 valence electrons. The summed E-state index contributed by atoms with van der Waals surface area (Å²) in [6.07, 6.45) is 0. The Balaban J connectivity index is 2.05. The van der Waals surface area contributed by atoms with Crippen LogP contribution in [0.3, 0.4) is 0 Å². The maximum atomic E-state index is 11.8. The molecular weight excluding hydrogens is 270 g/mol. The van der Waals surface area contributed by atoms with Crippen LogP contribution < -0.4 is 4.74 Å². The van der Waals surface area contributed by atoms with Crippen molar-refractivity contribution in [3.8, 4) is 5.88 Å². The Morgan fingerprint density at radius 3 is 2.62 bits per heavy atom. The summed E-state index contributed by atoms with van der Waals surface area (Å²) in [5.74, 6) is 0.0584. The minimum Gasteiger partial charge on any atom is -0.471 e. The highest BCUT2D eigenvalue weighted by Gasteiger charge is 2.29. The van der Waals surface area contributed by atoms with Gasteiger partial charge in [-0.15, -0.1) is 0 Å². The number of rotatable bonds is 6. The second kappa shape index (κ2) is 6.92. The van der Waals surface area contributed by atoms with Crippen molar-refractivity contribution < 1.29 is 18.8 Å². The molecule has 0 saturated carbocycles. The van der Waals surface area contributed by atoms with E-state index < -0.39 is 5.92 Å². The van der Waals surface area contributed by atoms with Crippen LogP contribution in [0.25, 0.3) is 0 Å². The number of carbonyl (C=O) groups excluding carboxylic acids is 1. The van der Waals surface area contributed by atoms with Crippen molar-refractivity contribution in [1.82, 2.24) is 5.16 Å². The third-order valence-corrected chi connectivity index (χ3v) is 3.16. The largest absolute Gasteiger partial charge is 0.471 e. The number of hydrogen-bond donors (Lipinski definition) is 0. The summed E-state index contributed by atoms with van der Waals surface area (Å²) in [4.78, 5) is 11.8. The van der Waals surface area contributed by atoms with Gasteiger partial charge in [0.15, 0.2) is 5.76 Å². The molecule has 2 rings (SSSR count). The van der Waals surface area contributed by atoms with E-state index in [1.807, 2.05) is 44.2 Å². The lowest BCUT2D eigenvalue weighted by atomic mass is 9.93. The summed E-state index contributed by atoms with van der Waals surface area (Å²) in [5, 5.41) is 3.85. The van der Waals surface area contributed by atoms with Gasteiger partial charge in [0, 0.05) is 6.07 Å². The molecule has 0 spiro atoms. The van der Waals surface area contributed by atoms with Gasteiger partial charge in [-0.2, -0.15) is 0 Å². The first kappa shape index (κ1) is 15.1. The van der Waals surface area contributed by atoms with Crippen molar-refractivity contribution >= 4 is 5.97 Å². The lowest BCUT2D eigenvalue weighted by molar-refractivity contribution is -0.144. The predicted octanol–water partition coefficient (Wildman–Crippen LogP) is 3.17. The molecule has 1 atom stereocenters. The zero-order valence-electron chi connectivity index (χ0n) is 12.4. The molecule has 0 fully saturated rings. The summed E-state index contributed by atoms with van der Waals surface area (Å²) >= 11 is 0. The average Bonchev–Trinajstić information content (AvgIpc) is 2.94. The fourth-order valence-electron chi connectivity index (χ4n) is 2.06. The van der Waals surface area contributed by atoms with E-state index in [0.29, 0.717) is 18.2 Å². The topological polar surface area (TPSA) is 61.6 Å². The summed E-state index contributed by atoms with van der Waals surface area (Å²) in [5.41, 5.74) is 1.04. The second-order valence-corrected chi connectivity index (χ2v) is 5.09. The van der Waals surface area contributed by atoms with Crippen molar-refractivity contribution in [1.29, 1.82) is 0 Å². The first-order chi connectivity index (χ1) is 10.1. The SMILES string of the molecule is COC(=O)C(c1cc(OCc2ccccc2)no1)C(C)C. The molecule has 1 aromatic carbocycles. The molecule has 0 aliphatic heterocycles. The molecule has 0 bridgehead atoms. The standard InChI is InChI=1S/C16H19NO4/c1-11(2)15(16(18)19-3)13-9-14(17-21-13)20-10-12-7-5-4-6-8-12/h4-9,11,15H,10H2,1-3H3. The van der Waals surface area contributed by atoms with Crippen LogP contribution in [0.4, 0.5) is 0 Å². The summed E-state index contributed by atoms with van der Waals surface area (Å²) in [7, 11) is 1.36. The van der Waals surface area contributed by atoms with E-state index in [9.17, 15) is 4.79 Å². The van der Waals surface area contributed by atoms with Gasteiger partial charge in [-0.1, -0.05) is 44.2 Å². The van der Waals surface area contributed by atoms with Crippen LogP contribution in [0.1, 0.15) is 31.1 Å². The number of ether oxygens (including phenoxy) is 2. The van der Waals surface area contributed by atoms with E-state index in [0.717, 1.165) is 5.56 Å². The molecule has 5 nitrogen and oxygen atoms in total. The van der Waals surface area contributed by atoms with E-state index in [1.165, 1.54) is 7.11 Å². The number of methoxy groups -OCH3 is 1. The number of aromatic nitrogens is 1. The highest BCUT2D eigenvalue weighted by atomic mass is 16.5. The Bertz CT molecular complexity index is 577. The van der Waals surface area contributed by atoms with Crippen molar-refractivity contribution in [2.24, 2.45) is 5.92 Å². The zero-order chi connectivity index (χ0) is 15.2. The minimum atomic E-state index is -0.475.